The number of nitrogens with zero attached hydrogens (tertiary/aromatic N) is 3. The molecule has 8 heteroatoms. The molecule has 1 aromatic carbocycles. The third kappa shape index (κ3) is 3.15. The molecule has 0 saturated heterocycles. The van der Waals surface area contributed by atoms with Gasteiger partial charge in [0.05, 0.1) is 19.8 Å². The monoisotopic (exact) mass is 341 g/mol. The average molecular weight is 341 g/mol. The highest BCUT2D eigenvalue weighted by Gasteiger charge is 2.15. The summed E-state index contributed by atoms with van der Waals surface area (Å²) < 4.78 is 12.9. The number of aromatic amines is 1. The summed E-state index contributed by atoms with van der Waals surface area (Å²) in [6.07, 6.45) is 2.78. The second-order valence-corrected chi connectivity index (χ2v) is 6.01. The first kappa shape index (κ1) is 15.5. The summed E-state index contributed by atoms with van der Waals surface area (Å²) in [4.78, 5) is 23.6. The lowest BCUT2D eigenvalue weighted by Gasteiger charge is -2.08. The maximum absolute atomic E-state index is 12.4. The van der Waals surface area contributed by atoms with E-state index in [1.54, 1.807) is 0 Å². The highest BCUT2D eigenvalue weighted by atomic mass is 16.5. The van der Waals surface area contributed by atoms with Gasteiger partial charge in [-0.05, 0) is 37.0 Å². The second-order valence-electron chi connectivity index (χ2n) is 6.01. The molecular formula is C17H19N5O3. The maximum atomic E-state index is 12.4. The molecule has 0 atom stereocenters. The van der Waals surface area contributed by atoms with Crippen LogP contribution in [0.5, 0.6) is 11.8 Å². The van der Waals surface area contributed by atoms with Crippen molar-refractivity contribution in [3.8, 4) is 11.8 Å². The van der Waals surface area contributed by atoms with E-state index in [-0.39, 0.29) is 17.5 Å². The zero-order valence-electron chi connectivity index (χ0n) is 13.7. The highest BCUT2D eigenvalue weighted by Crippen LogP contribution is 2.20. The average Bonchev–Trinajstić information content (AvgIpc) is 2.90. The molecule has 8 nitrogen and oxygen atoms in total. The molecule has 0 aliphatic carbocycles. The zero-order valence-corrected chi connectivity index (χ0v) is 13.7. The van der Waals surface area contributed by atoms with E-state index in [0.29, 0.717) is 30.9 Å². The number of ether oxygens (including phenoxy) is 2. The van der Waals surface area contributed by atoms with Crippen molar-refractivity contribution >= 4 is 17.0 Å². The molecule has 0 radical (unpaired) electrons. The molecule has 3 heterocycles. The molecule has 3 N–H and O–H groups in total. The Morgan fingerprint density at radius 1 is 1.12 bits per heavy atom. The Balaban J connectivity index is 1.82. The SMILES string of the molecule is Nc1nc2nc3c1[nH]c(=O)n3Cc1cccc(c1)OCCCCCO2. The molecule has 2 aromatic heterocycles. The molecule has 1 aliphatic heterocycles. The molecule has 0 fully saturated rings. The van der Waals surface area contributed by atoms with Gasteiger partial charge < -0.3 is 20.2 Å². The first-order valence-corrected chi connectivity index (χ1v) is 8.31. The van der Waals surface area contributed by atoms with Gasteiger partial charge in [0.2, 0.25) is 0 Å². The number of nitrogens with one attached hydrogen (secondary N) is 1. The second kappa shape index (κ2) is 6.46. The third-order valence-electron chi connectivity index (χ3n) is 4.16. The number of hydrogen-bond donors (Lipinski definition) is 2. The van der Waals surface area contributed by atoms with E-state index in [0.717, 1.165) is 30.6 Å². The van der Waals surface area contributed by atoms with Crippen LogP contribution in [-0.2, 0) is 6.54 Å². The van der Waals surface area contributed by atoms with Gasteiger partial charge in [0.1, 0.15) is 11.3 Å². The van der Waals surface area contributed by atoms with Crippen LogP contribution in [0.4, 0.5) is 5.82 Å². The standard InChI is InChI=1S/C17H19N5O3/c18-14-13-15-21-16(20-14)25-8-3-1-2-7-24-12-6-4-5-11(9-12)10-22(15)17(23)19-13/h4-6,9H,1-3,7-8,10H2,(H,19,23)(H2,18,20,21). The Morgan fingerprint density at radius 2 is 1.96 bits per heavy atom. The fraction of sp³-hybridized carbons (Fsp3) is 0.353. The summed E-state index contributed by atoms with van der Waals surface area (Å²) in [5.74, 6) is 1.00. The number of anilines is 1. The predicted molar refractivity (Wildman–Crippen MR) is 92.9 cm³/mol. The minimum Gasteiger partial charge on any atom is -0.494 e. The first-order valence-electron chi connectivity index (χ1n) is 8.31. The predicted octanol–water partition coefficient (Wildman–Crippen LogP) is 1.69. The number of aromatic nitrogens is 4. The number of nitrogen functional groups attached to an aromatic ring is 1. The van der Waals surface area contributed by atoms with Crippen LogP contribution in [0, 0.1) is 0 Å². The minimum absolute atomic E-state index is 0.192. The van der Waals surface area contributed by atoms with Crippen molar-refractivity contribution in [2.45, 2.75) is 25.8 Å². The molecule has 0 unspecified atom stereocenters. The molecule has 4 rings (SSSR count). The number of benzene rings is 1. The van der Waals surface area contributed by atoms with Gasteiger partial charge in [-0.3, -0.25) is 4.57 Å². The van der Waals surface area contributed by atoms with Gasteiger partial charge >= 0.3 is 11.7 Å². The third-order valence-corrected chi connectivity index (χ3v) is 4.16. The molecule has 0 spiro atoms. The normalized spacial score (nSPS) is 15.2. The smallest absolute Gasteiger partial charge is 0.328 e. The Kier molecular flexibility index (Phi) is 4.01. The number of nitrogens with two attached hydrogens (primary N) is 1. The zero-order chi connectivity index (χ0) is 17.2. The fourth-order valence-electron chi connectivity index (χ4n) is 2.89. The summed E-state index contributed by atoms with van der Waals surface area (Å²) in [7, 11) is 0. The number of hydrogen-bond acceptors (Lipinski definition) is 6. The van der Waals surface area contributed by atoms with E-state index in [9.17, 15) is 4.79 Å². The van der Waals surface area contributed by atoms with Gasteiger partial charge in [-0.2, -0.15) is 9.97 Å². The van der Waals surface area contributed by atoms with Crippen LogP contribution in [0.3, 0.4) is 0 Å². The summed E-state index contributed by atoms with van der Waals surface area (Å²) >= 11 is 0. The van der Waals surface area contributed by atoms with Crippen molar-refractivity contribution in [1.82, 2.24) is 19.5 Å². The Morgan fingerprint density at radius 3 is 2.84 bits per heavy atom. The summed E-state index contributed by atoms with van der Waals surface area (Å²) in [5, 5.41) is 0. The van der Waals surface area contributed by atoms with Gasteiger partial charge in [-0.15, -0.1) is 0 Å². The van der Waals surface area contributed by atoms with Gasteiger partial charge in [0.25, 0.3) is 0 Å². The van der Waals surface area contributed by atoms with Crippen LogP contribution in [0.25, 0.3) is 11.2 Å². The molecule has 0 amide bonds. The lowest BCUT2D eigenvalue weighted by Crippen LogP contribution is -2.17. The number of H-pyrrole nitrogens is 1. The fourth-order valence-corrected chi connectivity index (χ4v) is 2.89. The molecule has 4 bridgehead atoms. The van der Waals surface area contributed by atoms with Crippen LogP contribution in [-0.4, -0.2) is 32.7 Å². The quantitative estimate of drug-likeness (QED) is 0.644. The summed E-state index contributed by atoms with van der Waals surface area (Å²) in [6, 6.07) is 7.91. The van der Waals surface area contributed by atoms with Gasteiger partial charge in [0.15, 0.2) is 11.5 Å². The molecule has 25 heavy (non-hydrogen) atoms. The van der Waals surface area contributed by atoms with E-state index >= 15 is 0 Å². The Hall–Kier alpha value is -3.03. The van der Waals surface area contributed by atoms with Crippen molar-refractivity contribution < 1.29 is 9.47 Å². The Bertz CT molecular complexity index is 963. The van der Waals surface area contributed by atoms with E-state index in [4.69, 9.17) is 15.2 Å². The van der Waals surface area contributed by atoms with Crippen molar-refractivity contribution in [3.05, 3.63) is 40.3 Å². The largest absolute Gasteiger partial charge is 0.494 e. The van der Waals surface area contributed by atoms with Gasteiger partial charge in [-0.25, -0.2) is 4.79 Å². The van der Waals surface area contributed by atoms with Crippen LogP contribution in [0.15, 0.2) is 29.1 Å². The van der Waals surface area contributed by atoms with E-state index in [2.05, 4.69) is 15.0 Å². The first-order chi connectivity index (χ1) is 12.2. The van der Waals surface area contributed by atoms with E-state index in [1.165, 1.54) is 4.57 Å². The van der Waals surface area contributed by atoms with E-state index < -0.39 is 0 Å². The number of fused-ring (bicyclic) bond motifs is 3. The van der Waals surface area contributed by atoms with Crippen LogP contribution in [0.1, 0.15) is 24.8 Å². The summed E-state index contributed by atoms with van der Waals surface area (Å²) in [5.41, 5.74) is 7.48. The summed E-state index contributed by atoms with van der Waals surface area (Å²) in [6.45, 7) is 1.49. The molecule has 130 valence electrons. The minimum atomic E-state index is -0.288. The van der Waals surface area contributed by atoms with E-state index in [1.807, 2.05) is 24.3 Å². The number of imidazole rings is 1. The molecular weight excluding hydrogens is 322 g/mol. The molecule has 0 saturated carbocycles. The highest BCUT2D eigenvalue weighted by molar-refractivity contribution is 5.81. The van der Waals surface area contributed by atoms with Crippen LogP contribution in [0.2, 0.25) is 0 Å². The number of rotatable bonds is 0. The lowest BCUT2D eigenvalue weighted by atomic mass is 10.2. The van der Waals surface area contributed by atoms with Crippen LogP contribution < -0.4 is 20.9 Å². The Labute approximate surface area is 143 Å². The van der Waals surface area contributed by atoms with Gasteiger partial charge in [-0.1, -0.05) is 12.1 Å². The molecule has 1 aliphatic rings. The van der Waals surface area contributed by atoms with Gasteiger partial charge in [0, 0.05) is 0 Å². The maximum Gasteiger partial charge on any atom is 0.328 e. The van der Waals surface area contributed by atoms with Crippen molar-refractivity contribution in [3.63, 3.8) is 0 Å². The molecule has 3 aromatic rings. The van der Waals surface area contributed by atoms with Crippen molar-refractivity contribution in [2.75, 3.05) is 18.9 Å². The topological polar surface area (TPSA) is 108 Å². The van der Waals surface area contributed by atoms with Crippen molar-refractivity contribution in [1.29, 1.82) is 0 Å². The lowest BCUT2D eigenvalue weighted by molar-refractivity contribution is 0.267. The van der Waals surface area contributed by atoms with Crippen LogP contribution >= 0.6 is 0 Å². The van der Waals surface area contributed by atoms with Crippen molar-refractivity contribution in [2.24, 2.45) is 0 Å².